The van der Waals surface area contributed by atoms with Gasteiger partial charge in [0.15, 0.2) is 5.78 Å². The first-order valence-electron chi connectivity index (χ1n) is 3.45. The Hall–Kier alpha value is -1.67. The highest BCUT2D eigenvalue weighted by atomic mass is 32.1. The van der Waals surface area contributed by atoms with Gasteiger partial charge in [0.1, 0.15) is 10.9 Å². The van der Waals surface area contributed by atoms with Crippen molar-refractivity contribution >= 4 is 23.0 Å². The smallest absolute Gasteiger partial charge is 0.225 e. The van der Waals surface area contributed by atoms with E-state index in [2.05, 4.69) is 0 Å². The minimum Gasteiger partial charge on any atom is -0.369 e. The Labute approximate surface area is 78.6 Å². The lowest BCUT2D eigenvalue weighted by molar-refractivity contribution is -0.117. The lowest BCUT2D eigenvalue weighted by Gasteiger charge is -1.90. The fraction of sp³-hybridized carbons (Fsp3) is 0.125. The van der Waals surface area contributed by atoms with Crippen LogP contribution in [0.2, 0.25) is 0 Å². The normalized spacial score (nSPS) is 9.15. The van der Waals surface area contributed by atoms with Crippen LogP contribution in [0.4, 0.5) is 0 Å². The maximum Gasteiger partial charge on any atom is 0.225 e. The van der Waals surface area contributed by atoms with Crippen molar-refractivity contribution in [2.75, 3.05) is 0 Å². The van der Waals surface area contributed by atoms with Crippen molar-refractivity contribution < 1.29 is 9.59 Å². The van der Waals surface area contributed by atoms with Gasteiger partial charge in [-0.15, -0.1) is 11.3 Å². The number of nitrogens with zero attached hydrogens (tertiary/aromatic N) is 1. The molecule has 0 bridgehead atoms. The molecule has 0 aliphatic rings. The molecule has 0 spiro atoms. The number of nitriles is 1. The van der Waals surface area contributed by atoms with Crippen molar-refractivity contribution in [3.8, 4) is 6.07 Å². The molecule has 1 heterocycles. The summed E-state index contributed by atoms with van der Waals surface area (Å²) in [6.07, 6.45) is -0.300. The van der Waals surface area contributed by atoms with Crippen LogP contribution < -0.4 is 5.73 Å². The molecule has 1 amide bonds. The number of rotatable bonds is 3. The number of Topliss-reactive ketones (excluding diaryl/α,β-unsaturated/α-hetero) is 1. The molecular weight excluding hydrogens is 188 g/mol. The standard InChI is InChI=1S/C8H6N2O2S/c9-4-5-1-2-7(13-5)6(11)3-8(10)12/h1-2H,3H2,(H2,10,12). The Balaban J connectivity index is 2.79. The van der Waals surface area contributed by atoms with Crippen molar-refractivity contribution in [2.24, 2.45) is 5.73 Å². The van der Waals surface area contributed by atoms with E-state index in [1.807, 2.05) is 6.07 Å². The van der Waals surface area contributed by atoms with Gasteiger partial charge in [-0.2, -0.15) is 5.26 Å². The second-order valence-electron chi connectivity index (χ2n) is 2.34. The van der Waals surface area contributed by atoms with Crippen molar-refractivity contribution in [3.63, 3.8) is 0 Å². The average molecular weight is 194 g/mol. The van der Waals surface area contributed by atoms with Gasteiger partial charge in [-0.1, -0.05) is 0 Å². The monoisotopic (exact) mass is 194 g/mol. The van der Waals surface area contributed by atoms with Crippen LogP contribution in [0.3, 0.4) is 0 Å². The number of ketones is 1. The summed E-state index contributed by atoms with van der Waals surface area (Å²) in [6, 6.07) is 4.97. The van der Waals surface area contributed by atoms with Crippen molar-refractivity contribution in [1.82, 2.24) is 0 Å². The Morgan fingerprint density at radius 3 is 2.69 bits per heavy atom. The third-order valence-corrected chi connectivity index (χ3v) is 2.36. The topological polar surface area (TPSA) is 83.9 Å². The minimum atomic E-state index is -0.656. The number of thiophene rings is 1. The van der Waals surface area contributed by atoms with Crippen LogP contribution >= 0.6 is 11.3 Å². The summed E-state index contributed by atoms with van der Waals surface area (Å²) < 4.78 is 0. The number of hydrogen-bond acceptors (Lipinski definition) is 4. The second-order valence-corrected chi connectivity index (χ2v) is 3.43. The van der Waals surface area contributed by atoms with E-state index in [0.29, 0.717) is 9.75 Å². The number of carbonyl (C=O) groups is 2. The fourth-order valence-electron chi connectivity index (χ4n) is 0.793. The molecule has 13 heavy (non-hydrogen) atoms. The van der Waals surface area contributed by atoms with E-state index in [-0.39, 0.29) is 12.2 Å². The summed E-state index contributed by atoms with van der Waals surface area (Å²) in [7, 11) is 0. The predicted molar refractivity (Wildman–Crippen MR) is 47.2 cm³/mol. The van der Waals surface area contributed by atoms with E-state index in [0.717, 1.165) is 11.3 Å². The number of hydrogen-bond donors (Lipinski definition) is 1. The van der Waals surface area contributed by atoms with Gasteiger partial charge in [0.25, 0.3) is 0 Å². The lowest BCUT2D eigenvalue weighted by atomic mass is 10.2. The summed E-state index contributed by atoms with van der Waals surface area (Å²) >= 11 is 1.06. The van der Waals surface area contributed by atoms with Crippen molar-refractivity contribution in [3.05, 3.63) is 21.9 Å². The molecule has 0 saturated carbocycles. The van der Waals surface area contributed by atoms with Crippen LogP contribution in [0.5, 0.6) is 0 Å². The first-order chi connectivity index (χ1) is 6.13. The maximum absolute atomic E-state index is 11.2. The summed E-state index contributed by atoms with van der Waals surface area (Å²) in [5.41, 5.74) is 4.85. The van der Waals surface area contributed by atoms with Crippen LogP contribution in [0.1, 0.15) is 21.0 Å². The van der Waals surface area contributed by atoms with E-state index in [1.54, 1.807) is 6.07 Å². The van der Waals surface area contributed by atoms with Gasteiger partial charge in [0, 0.05) is 0 Å². The van der Waals surface area contributed by atoms with E-state index in [9.17, 15) is 9.59 Å². The zero-order valence-electron chi connectivity index (χ0n) is 6.61. The SMILES string of the molecule is N#Cc1ccc(C(=O)CC(N)=O)s1. The molecular formula is C8H6N2O2S. The molecule has 0 aromatic carbocycles. The average Bonchev–Trinajstić information content (AvgIpc) is 2.50. The van der Waals surface area contributed by atoms with Crippen LogP contribution in [0.25, 0.3) is 0 Å². The van der Waals surface area contributed by atoms with Gasteiger partial charge in [0.05, 0.1) is 11.3 Å². The highest BCUT2D eigenvalue weighted by molar-refractivity contribution is 7.14. The van der Waals surface area contributed by atoms with Gasteiger partial charge in [-0.3, -0.25) is 9.59 Å². The van der Waals surface area contributed by atoms with Crippen LogP contribution in [0, 0.1) is 11.3 Å². The quantitative estimate of drug-likeness (QED) is 0.567. The zero-order chi connectivity index (χ0) is 9.84. The zero-order valence-corrected chi connectivity index (χ0v) is 7.43. The lowest BCUT2D eigenvalue weighted by Crippen LogP contribution is -2.15. The van der Waals surface area contributed by atoms with Gasteiger partial charge in [-0.05, 0) is 12.1 Å². The molecule has 0 unspecified atom stereocenters. The van der Waals surface area contributed by atoms with Gasteiger partial charge >= 0.3 is 0 Å². The van der Waals surface area contributed by atoms with Gasteiger partial charge in [-0.25, -0.2) is 0 Å². The minimum absolute atomic E-state index is 0.300. The Morgan fingerprint density at radius 1 is 1.54 bits per heavy atom. The third kappa shape index (κ3) is 2.39. The summed E-state index contributed by atoms with van der Waals surface area (Å²) in [4.78, 5) is 22.4. The Morgan fingerprint density at radius 2 is 2.23 bits per heavy atom. The van der Waals surface area contributed by atoms with Crippen molar-refractivity contribution in [1.29, 1.82) is 5.26 Å². The van der Waals surface area contributed by atoms with E-state index < -0.39 is 5.91 Å². The van der Waals surface area contributed by atoms with Crippen molar-refractivity contribution in [2.45, 2.75) is 6.42 Å². The van der Waals surface area contributed by atoms with E-state index in [4.69, 9.17) is 11.0 Å². The molecule has 2 N–H and O–H groups in total. The Kier molecular flexibility index (Phi) is 2.77. The van der Waals surface area contributed by atoms with Gasteiger partial charge < -0.3 is 5.73 Å². The van der Waals surface area contributed by atoms with Crippen LogP contribution in [0.15, 0.2) is 12.1 Å². The summed E-state index contributed by atoms with van der Waals surface area (Å²) in [6.45, 7) is 0. The highest BCUT2D eigenvalue weighted by Crippen LogP contribution is 2.16. The molecule has 0 aliphatic heterocycles. The first kappa shape index (κ1) is 9.42. The molecule has 0 atom stereocenters. The van der Waals surface area contributed by atoms with Crippen LogP contribution in [-0.2, 0) is 4.79 Å². The third-order valence-electron chi connectivity index (χ3n) is 1.33. The molecule has 66 valence electrons. The maximum atomic E-state index is 11.2. The molecule has 0 radical (unpaired) electrons. The summed E-state index contributed by atoms with van der Waals surface area (Å²) in [5.74, 6) is -0.990. The number of nitrogens with two attached hydrogens (primary N) is 1. The first-order valence-corrected chi connectivity index (χ1v) is 4.26. The number of amides is 1. The molecule has 1 aromatic heterocycles. The van der Waals surface area contributed by atoms with E-state index >= 15 is 0 Å². The van der Waals surface area contributed by atoms with Gasteiger partial charge in [0.2, 0.25) is 5.91 Å². The number of primary amides is 1. The second kappa shape index (κ2) is 3.83. The highest BCUT2D eigenvalue weighted by Gasteiger charge is 2.11. The summed E-state index contributed by atoms with van der Waals surface area (Å²) in [5, 5.41) is 8.47. The molecule has 0 saturated heterocycles. The van der Waals surface area contributed by atoms with E-state index in [1.165, 1.54) is 6.07 Å². The Bertz CT molecular complexity index is 389. The molecule has 1 rings (SSSR count). The molecule has 1 aromatic rings. The molecule has 0 fully saturated rings. The largest absolute Gasteiger partial charge is 0.369 e. The van der Waals surface area contributed by atoms with Crippen LogP contribution in [-0.4, -0.2) is 11.7 Å². The molecule has 4 nitrogen and oxygen atoms in total. The fourth-order valence-corrected chi connectivity index (χ4v) is 1.53. The number of carbonyl (C=O) groups excluding carboxylic acids is 2. The molecule has 0 aliphatic carbocycles. The molecule has 5 heteroatoms. The predicted octanol–water partition coefficient (Wildman–Crippen LogP) is 0.678.